The van der Waals surface area contributed by atoms with Crippen molar-refractivity contribution in [3.8, 4) is 11.5 Å². The van der Waals surface area contributed by atoms with E-state index in [4.69, 9.17) is 13.8 Å². The summed E-state index contributed by atoms with van der Waals surface area (Å²) in [6.07, 6.45) is 3.96. The quantitative estimate of drug-likeness (QED) is 0.718. The normalized spacial score (nSPS) is 20.5. The Morgan fingerprint density at radius 3 is 2.91 bits per heavy atom. The first-order valence-corrected chi connectivity index (χ1v) is 8.00. The summed E-state index contributed by atoms with van der Waals surface area (Å²) in [7, 11) is 0. The maximum Gasteiger partial charge on any atom is 0.259 e. The second kappa shape index (κ2) is 4.86. The number of rotatable bonds is 2. The molecule has 1 aliphatic heterocycles. The lowest BCUT2D eigenvalue weighted by Gasteiger charge is -2.05. The third-order valence-electron chi connectivity index (χ3n) is 4.77. The average molecular weight is 312 g/mol. The zero-order valence-electron chi connectivity index (χ0n) is 12.8. The molecule has 1 fully saturated rings. The first kappa shape index (κ1) is 13.2. The molecule has 1 aliphatic carbocycles. The number of nitrogens with zero attached hydrogens (tertiary/aromatic N) is 4. The van der Waals surface area contributed by atoms with E-state index in [1.165, 1.54) is 5.56 Å². The van der Waals surface area contributed by atoms with Gasteiger partial charge in [-0.1, -0.05) is 10.3 Å². The number of aryl methyl sites for hydroxylation is 2. The minimum Gasteiger partial charge on any atom is -0.381 e. The van der Waals surface area contributed by atoms with Crippen LogP contribution in [0.2, 0.25) is 0 Å². The summed E-state index contributed by atoms with van der Waals surface area (Å²) in [5.74, 6) is 1.49. The van der Waals surface area contributed by atoms with Gasteiger partial charge in [0.15, 0.2) is 5.82 Å². The van der Waals surface area contributed by atoms with Crippen LogP contribution in [0.15, 0.2) is 9.05 Å². The number of hydrogen-bond donors (Lipinski definition) is 0. The van der Waals surface area contributed by atoms with E-state index in [-0.39, 0.29) is 5.92 Å². The van der Waals surface area contributed by atoms with Gasteiger partial charge < -0.3 is 13.8 Å². The largest absolute Gasteiger partial charge is 0.381 e. The Hall–Kier alpha value is -2.28. The van der Waals surface area contributed by atoms with Crippen LogP contribution < -0.4 is 0 Å². The zero-order chi connectivity index (χ0) is 15.4. The van der Waals surface area contributed by atoms with Gasteiger partial charge in [-0.25, -0.2) is 4.98 Å². The number of aromatic nitrogens is 4. The molecular weight excluding hydrogens is 296 g/mol. The van der Waals surface area contributed by atoms with Gasteiger partial charge in [0.1, 0.15) is 0 Å². The summed E-state index contributed by atoms with van der Waals surface area (Å²) in [6.45, 7) is 3.34. The SMILES string of the molecule is Cc1noc2nc3c(c(-c4nc([C@@H]5CCOC5)no4)c12)CCC3. The fourth-order valence-corrected chi connectivity index (χ4v) is 3.59. The van der Waals surface area contributed by atoms with Gasteiger partial charge in [0.2, 0.25) is 0 Å². The van der Waals surface area contributed by atoms with Crippen LogP contribution in [-0.4, -0.2) is 33.5 Å². The summed E-state index contributed by atoms with van der Waals surface area (Å²) in [5.41, 5.74) is 4.58. The van der Waals surface area contributed by atoms with Crippen LogP contribution in [-0.2, 0) is 17.6 Å². The van der Waals surface area contributed by atoms with E-state index in [1.54, 1.807) is 0 Å². The first-order chi connectivity index (χ1) is 11.3. The molecule has 1 saturated heterocycles. The molecule has 3 aromatic heterocycles. The highest BCUT2D eigenvalue weighted by atomic mass is 16.5. The zero-order valence-corrected chi connectivity index (χ0v) is 12.8. The molecule has 0 saturated carbocycles. The average Bonchev–Trinajstić information content (AvgIpc) is 3.33. The lowest BCUT2D eigenvalue weighted by molar-refractivity contribution is 0.192. The maximum absolute atomic E-state index is 5.61. The Bertz CT molecular complexity index is 892. The Morgan fingerprint density at radius 1 is 1.09 bits per heavy atom. The molecule has 0 amide bonds. The Labute approximate surface area is 132 Å². The van der Waals surface area contributed by atoms with Gasteiger partial charge in [0, 0.05) is 18.2 Å². The highest BCUT2D eigenvalue weighted by Crippen LogP contribution is 2.38. The van der Waals surface area contributed by atoms with Gasteiger partial charge in [-0.3, -0.25) is 0 Å². The van der Waals surface area contributed by atoms with E-state index in [1.807, 2.05) is 6.92 Å². The van der Waals surface area contributed by atoms with Crippen molar-refractivity contribution in [3.63, 3.8) is 0 Å². The molecule has 0 radical (unpaired) electrons. The van der Waals surface area contributed by atoms with E-state index in [0.29, 0.717) is 18.2 Å². The topological polar surface area (TPSA) is 87.1 Å². The molecule has 0 unspecified atom stereocenters. The van der Waals surface area contributed by atoms with Crippen molar-refractivity contribution < 1.29 is 13.8 Å². The molecule has 5 rings (SSSR count). The third-order valence-corrected chi connectivity index (χ3v) is 4.77. The minimum absolute atomic E-state index is 0.224. The summed E-state index contributed by atoms with van der Waals surface area (Å²) < 4.78 is 16.4. The van der Waals surface area contributed by atoms with Crippen LogP contribution in [0.1, 0.15) is 41.5 Å². The van der Waals surface area contributed by atoms with Crippen molar-refractivity contribution in [1.82, 2.24) is 20.3 Å². The molecule has 3 aromatic rings. The van der Waals surface area contributed by atoms with Gasteiger partial charge in [-0.05, 0) is 38.2 Å². The predicted octanol–water partition coefficient (Wildman–Crippen LogP) is 2.57. The Morgan fingerprint density at radius 2 is 2.04 bits per heavy atom. The molecule has 0 bridgehead atoms. The molecule has 0 aromatic carbocycles. The second-order valence-electron chi connectivity index (χ2n) is 6.23. The number of fused-ring (bicyclic) bond motifs is 2. The summed E-state index contributed by atoms with van der Waals surface area (Å²) in [5, 5.41) is 9.13. The van der Waals surface area contributed by atoms with E-state index < -0.39 is 0 Å². The Kier molecular flexibility index (Phi) is 2.78. The monoisotopic (exact) mass is 312 g/mol. The fraction of sp³-hybridized carbons (Fsp3) is 0.500. The van der Waals surface area contributed by atoms with Crippen LogP contribution in [0.25, 0.3) is 22.6 Å². The van der Waals surface area contributed by atoms with Crippen molar-refractivity contribution in [1.29, 1.82) is 0 Å². The highest BCUT2D eigenvalue weighted by molar-refractivity contribution is 5.93. The molecular formula is C16H16N4O3. The minimum atomic E-state index is 0.224. The molecule has 0 spiro atoms. The van der Waals surface area contributed by atoms with Crippen molar-refractivity contribution in [2.75, 3.05) is 13.2 Å². The van der Waals surface area contributed by atoms with Crippen LogP contribution in [0.4, 0.5) is 0 Å². The van der Waals surface area contributed by atoms with E-state index in [9.17, 15) is 0 Å². The molecule has 1 atom stereocenters. The fourth-order valence-electron chi connectivity index (χ4n) is 3.59. The smallest absolute Gasteiger partial charge is 0.259 e. The summed E-state index contributed by atoms with van der Waals surface area (Å²) in [4.78, 5) is 9.26. The molecule has 2 aliphatic rings. The van der Waals surface area contributed by atoms with E-state index in [0.717, 1.165) is 60.5 Å². The van der Waals surface area contributed by atoms with Crippen molar-refractivity contribution >= 4 is 11.1 Å². The molecule has 7 nitrogen and oxygen atoms in total. The van der Waals surface area contributed by atoms with Crippen LogP contribution in [0.3, 0.4) is 0 Å². The standard InChI is InChI=1S/C16H16N4O3/c1-8-12-13(10-3-2-4-11(10)17-15(12)22-19-8)16-18-14(20-23-16)9-5-6-21-7-9/h9H,2-7H2,1H3/t9-/m1/s1. The van der Waals surface area contributed by atoms with Gasteiger partial charge in [0.05, 0.1) is 23.3 Å². The molecule has 0 N–H and O–H groups in total. The van der Waals surface area contributed by atoms with Gasteiger partial charge in [0.25, 0.3) is 11.6 Å². The Balaban J connectivity index is 1.71. The number of pyridine rings is 1. The predicted molar refractivity (Wildman–Crippen MR) is 80.0 cm³/mol. The van der Waals surface area contributed by atoms with Gasteiger partial charge in [-0.2, -0.15) is 4.98 Å². The van der Waals surface area contributed by atoms with E-state index in [2.05, 4.69) is 20.3 Å². The number of ether oxygens (including phenoxy) is 1. The molecule has 7 heteroatoms. The molecule has 4 heterocycles. The number of hydrogen-bond acceptors (Lipinski definition) is 7. The van der Waals surface area contributed by atoms with Gasteiger partial charge in [-0.15, -0.1) is 0 Å². The van der Waals surface area contributed by atoms with Crippen LogP contribution in [0, 0.1) is 6.92 Å². The maximum atomic E-state index is 5.61. The molecule has 118 valence electrons. The third kappa shape index (κ3) is 1.92. The lowest BCUT2D eigenvalue weighted by Crippen LogP contribution is -2.00. The molecule has 23 heavy (non-hydrogen) atoms. The van der Waals surface area contributed by atoms with E-state index >= 15 is 0 Å². The van der Waals surface area contributed by atoms with Crippen molar-refractivity contribution in [2.24, 2.45) is 0 Å². The highest BCUT2D eigenvalue weighted by Gasteiger charge is 2.29. The van der Waals surface area contributed by atoms with Crippen molar-refractivity contribution in [2.45, 2.75) is 38.5 Å². The van der Waals surface area contributed by atoms with Crippen LogP contribution >= 0.6 is 0 Å². The lowest BCUT2D eigenvalue weighted by atomic mass is 10.0. The first-order valence-electron chi connectivity index (χ1n) is 8.00. The summed E-state index contributed by atoms with van der Waals surface area (Å²) >= 11 is 0. The van der Waals surface area contributed by atoms with Crippen LogP contribution in [0.5, 0.6) is 0 Å². The second-order valence-corrected chi connectivity index (χ2v) is 6.23. The van der Waals surface area contributed by atoms with Gasteiger partial charge >= 0.3 is 0 Å². The summed E-state index contributed by atoms with van der Waals surface area (Å²) in [6, 6.07) is 0. The van der Waals surface area contributed by atoms with Crippen molar-refractivity contribution in [3.05, 3.63) is 22.8 Å².